The van der Waals surface area contributed by atoms with Crippen molar-refractivity contribution < 1.29 is 9.90 Å². The van der Waals surface area contributed by atoms with E-state index in [0.717, 1.165) is 49.7 Å². The number of piperazine rings is 1. The molecule has 1 aromatic carbocycles. The molecule has 0 radical (unpaired) electrons. The number of aryl methyl sites for hydroxylation is 1. The minimum absolute atomic E-state index is 0.0420. The lowest BCUT2D eigenvalue weighted by atomic mass is 10.0. The second-order valence-corrected chi connectivity index (χ2v) is 8.66. The summed E-state index contributed by atoms with van der Waals surface area (Å²) in [6, 6.07) is 7.86. The van der Waals surface area contributed by atoms with E-state index in [4.69, 9.17) is 11.6 Å². The van der Waals surface area contributed by atoms with Gasteiger partial charge in [0.2, 0.25) is 0 Å². The zero-order valence-electron chi connectivity index (χ0n) is 17.8. The summed E-state index contributed by atoms with van der Waals surface area (Å²) in [5.74, 6) is 0.0420. The Hall–Kier alpha value is -2.02. The van der Waals surface area contributed by atoms with Crippen LogP contribution in [0.25, 0.3) is 0 Å². The fourth-order valence-electron chi connectivity index (χ4n) is 4.65. The first-order valence-corrected chi connectivity index (χ1v) is 11.3. The summed E-state index contributed by atoms with van der Waals surface area (Å²) in [5, 5.41) is 12.1. The van der Waals surface area contributed by atoms with Gasteiger partial charge in [-0.25, -0.2) is 0 Å². The number of nitrogens with zero attached hydrogens (tertiary/aromatic N) is 4. The predicted molar refractivity (Wildman–Crippen MR) is 120 cm³/mol. The molecule has 162 valence electrons. The van der Waals surface area contributed by atoms with Crippen LogP contribution in [0.1, 0.15) is 42.3 Å². The van der Waals surface area contributed by atoms with Crippen LogP contribution in [0.4, 0.5) is 5.69 Å². The summed E-state index contributed by atoms with van der Waals surface area (Å²) in [4.78, 5) is 19.8. The summed E-state index contributed by atoms with van der Waals surface area (Å²) in [5.41, 5.74) is 2.59. The third-order valence-electron chi connectivity index (χ3n) is 6.35. The highest BCUT2D eigenvalue weighted by atomic mass is 35.5. The SMILES string of the molecule is CCCN1CC(N2CCN(c3ccc(Cl)cc3)CC2)C(O)c2cn(CC)cc2C1=O. The Morgan fingerprint density at radius 2 is 1.77 bits per heavy atom. The summed E-state index contributed by atoms with van der Waals surface area (Å²) in [6.07, 6.45) is 4.08. The lowest BCUT2D eigenvalue weighted by molar-refractivity contribution is 0.0276. The predicted octanol–water partition coefficient (Wildman–Crippen LogP) is 3.25. The molecule has 2 aliphatic rings. The van der Waals surface area contributed by atoms with Crippen molar-refractivity contribution in [2.75, 3.05) is 44.2 Å². The molecule has 7 heteroatoms. The highest BCUT2D eigenvalue weighted by molar-refractivity contribution is 6.30. The third-order valence-corrected chi connectivity index (χ3v) is 6.60. The topological polar surface area (TPSA) is 52.0 Å². The van der Waals surface area contributed by atoms with Crippen LogP contribution < -0.4 is 4.90 Å². The Morgan fingerprint density at radius 1 is 1.07 bits per heavy atom. The molecule has 0 spiro atoms. The standard InChI is InChI=1S/C23H31ClN4O2/c1-3-9-28-16-21(22(29)19-14-25(4-2)15-20(19)23(28)30)27-12-10-26(11-13-27)18-7-5-17(24)6-8-18/h5-8,14-15,21-22,29H,3-4,9-13,16H2,1-2H3. The molecule has 1 aromatic heterocycles. The Morgan fingerprint density at radius 3 is 2.40 bits per heavy atom. The molecular weight excluding hydrogens is 400 g/mol. The molecular formula is C23H31ClN4O2. The number of fused-ring (bicyclic) bond motifs is 1. The molecule has 1 fully saturated rings. The highest BCUT2D eigenvalue weighted by Crippen LogP contribution is 2.32. The molecule has 1 saturated heterocycles. The molecule has 0 aliphatic carbocycles. The number of hydrogen-bond donors (Lipinski definition) is 1. The molecule has 0 bridgehead atoms. The van der Waals surface area contributed by atoms with Crippen molar-refractivity contribution in [2.24, 2.45) is 0 Å². The average molecular weight is 431 g/mol. The van der Waals surface area contributed by atoms with Gasteiger partial charge in [-0.3, -0.25) is 9.69 Å². The van der Waals surface area contributed by atoms with Gasteiger partial charge in [0, 0.05) is 74.5 Å². The molecule has 1 amide bonds. The normalized spacial score (nSPS) is 22.9. The number of carbonyl (C=O) groups is 1. The first-order chi connectivity index (χ1) is 14.5. The van der Waals surface area contributed by atoms with Crippen LogP contribution >= 0.6 is 11.6 Å². The van der Waals surface area contributed by atoms with Crippen molar-refractivity contribution in [3.05, 3.63) is 52.8 Å². The van der Waals surface area contributed by atoms with Gasteiger partial charge in [0.05, 0.1) is 17.7 Å². The van der Waals surface area contributed by atoms with Gasteiger partial charge in [0.1, 0.15) is 0 Å². The lowest BCUT2D eigenvalue weighted by Crippen LogP contribution is -2.55. The van der Waals surface area contributed by atoms with E-state index in [1.54, 1.807) is 0 Å². The Kier molecular flexibility index (Phi) is 6.37. The summed E-state index contributed by atoms with van der Waals surface area (Å²) in [6.45, 7) is 9.67. The monoisotopic (exact) mass is 430 g/mol. The molecule has 2 atom stereocenters. The second kappa shape index (κ2) is 9.00. The van der Waals surface area contributed by atoms with Gasteiger partial charge in [-0.15, -0.1) is 0 Å². The van der Waals surface area contributed by atoms with Crippen LogP contribution in [0.15, 0.2) is 36.7 Å². The number of rotatable bonds is 5. The van der Waals surface area contributed by atoms with Gasteiger partial charge < -0.3 is 19.5 Å². The molecule has 1 N–H and O–H groups in total. The smallest absolute Gasteiger partial charge is 0.255 e. The van der Waals surface area contributed by atoms with Crippen molar-refractivity contribution in [1.29, 1.82) is 0 Å². The fraction of sp³-hybridized carbons (Fsp3) is 0.522. The molecule has 0 saturated carbocycles. The molecule has 3 heterocycles. The number of hydrogen-bond acceptors (Lipinski definition) is 4. The zero-order chi connectivity index (χ0) is 21.3. The largest absolute Gasteiger partial charge is 0.387 e. The Balaban J connectivity index is 1.54. The quantitative estimate of drug-likeness (QED) is 0.791. The Labute approximate surface area is 183 Å². The lowest BCUT2D eigenvalue weighted by Gasteiger charge is -2.42. The molecule has 2 aliphatic heterocycles. The number of aliphatic hydroxyl groups is 1. The molecule has 6 nitrogen and oxygen atoms in total. The highest BCUT2D eigenvalue weighted by Gasteiger charge is 2.38. The maximum absolute atomic E-state index is 13.2. The van der Waals surface area contributed by atoms with Crippen LogP contribution in [0.5, 0.6) is 0 Å². The third kappa shape index (κ3) is 4.09. The number of amides is 1. The van der Waals surface area contributed by atoms with E-state index in [0.29, 0.717) is 18.7 Å². The van der Waals surface area contributed by atoms with Gasteiger partial charge in [-0.05, 0) is 37.6 Å². The van der Waals surface area contributed by atoms with Crippen molar-refractivity contribution >= 4 is 23.2 Å². The van der Waals surface area contributed by atoms with E-state index in [-0.39, 0.29) is 11.9 Å². The van der Waals surface area contributed by atoms with Crippen molar-refractivity contribution in [2.45, 2.75) is 39.0 Å². The number of benzene rings is 1. The summed E-state index contributed by atoms with van der Waals surface area (Å²) < 4.78 is 2.00. The van der Waals surface area contributed by atoms with E-state index in [9.17, 15) is 9.90 Å². The number of anilines is 1. The van der Waals surface area contributed by atoms with Gasteiger partial charge in [0.15, 0.2) is 0 Å². The first kappa shape index (κ1) is 21.2. The second-order valence-electron chi connectivity index (χ2n) is 8.22. The fourth-order valence-corrected chi connectivity index (χ4v) is 4.78. The summed E-state index contributed by atoms with van der Waals surface area (Å²) >= 11 is 6.02. The van der Waals surface area contributed by atoms with E-state index in [2.05, 4.69) is 28.9 Å². The van der Waals surface area contributed by atoms with Crippen LogP contribution in [0.2, 0.25) is 5.02 Å². The van der Waals surface area contributed by atoms with Gasteiger partial charge in [-0.2, -0.15) is 0 Å². The molecule has 2 unspecified atom stereocenters. The van der Waals surface area contributed by atoms with E-state index in [1.807, 2.05) is 40.9 Å². The van der Waals surface area contributed by atoms with Gasteiger partial charge in [0.25, 0.3) is 5.91 Å². The first-order valence-electron chi connectivity index (χ1n) is 10.9. The minimum Gasteiger partial charge on any atom is -0.387 e. The minimum atomic E-state index is -0.666. The molecule has 4 rings (SSSR count). The van der Waals surface area contributed by atoms with Gasteiger partial charge >= 0.3 is 0 Å². The number of carbonyl (C=O) groups excluding carboxylic acids is 1. The van der Waals surface area contributed by atoms with Crippen molar-refractivity contribution in [1.82, 2.24) is 14.4 Å². The number of aromatic nitrogens is 1. The molecule has 2 aromatic rings. The van der Waals surface area contributed by atoms with Crippen LogP contribution in [0, 0.1) is 0 Å². The van der Waals surface area contributed by atoms with Crippen molar-refractivity contribution in [3.63, 3.8) is 0 Å². The number of aliphatic hydroxyl groups excluding tert-OH is 1. The van der Waals surface area contributed by atoms with E-state index < -0.39 is 6.10 Å². The van der Waals surface area contributed by atoms with Crippen molar-refractivity contribution in [3.8, 4) is 0 Å². The van der Waals surface area contributed by atoms with E-state index >= 15 is 0 Å². The average Bonchev–Trinajstić information content (AvgIpc) is 3.18. The van der Waals surface area contributed by atoms with Gasteiger partial charge in [-0.1, -0.05) is 18.5 Å². The van der Waals surface area contributed by atoms with Crippen LogP contribution in [-0.4, -0.2) is 70.7 Å². The zero-order valence-corrected chi connectivity index (χ0v) is 18.6. The summed E-state index contributed by atoms with van der Waals surface area (Å²) in [7, 11) is 0. The maximum Gasteiger partial charge on any atom is 0.255 e. The number of halogens is 1. The molecule has 30 heavy (non-hydrogen) atoms. The van der Waals surface area contributed by atoms with Crippen LogP contribution in [-0.2, 0) is 6.54 Å². The maximum atomic E-state index is 13.2. The Bertz CT molecular complexity index is 874. The van der Waals surface area contributed by atoms with E-state index in [1.165, 1.54) is 5.69 Å². The van der Waals surface area contributed by atoms with Crippen LogP contribution in [0.3, 0.4) is 0 Å².